The number of hydrogen-bond donors (Lipinski definition) is 2. The Hall–Kier alpha value is -1.00. The third-order valence-corrected chi connectivity index (χ3v) is 6.10. The highest BCUT2D eigenvalue weighted by atomic mass is 32.2. The largest absolute Gasteiger partial charge is 0.391 e. The average Bonchev–Trinajstić information content (AvgIpc) is 3.00. The lowest BCUT2D eigenvalue weighted by atomic mass is 10.1. The minimum atomic E-state index is -3.59. The molecule has 1 saturated carbocycles. The Labute approximate surface area is 136 Å². The van der Waals surface area contributed by atoms with E-state index in [1.165, 1.54) is 4.31 Å². The van der Waals surface area contributed by atoms with Crippen molar-refractivity contribution in [3.05, 3.63) is 18.5 Å². The van der Waals surface area contributed by atoms with Gasteiger partial charge in [0, 0.05) is 44.7 Å². The van der Waals surface area contributed by atoms with Gasteiger partial charge in [-0.2, -0.15) is 22.5 Å². The van der Waals surface area contributed by atoms with Crippen LogP contribution in [0.1, 0.15) is 19.3 Å². The summed E-state index contributed by atoms with van der Waals surface area (Å²) in [6.45, 7) is 2.50. The number of nitrogens with zero attached hydrogens (tertiary/aromatic N) is 3. The maximum absolute atomic E-state index is 12.5. The molecular formula is C14H24N4O4S. The van der Waals surface area contributed by atoms with Crippen LogP contribution >= 0.6 is 0 Å². The first kappa shape index (κ1) is 16.8. The second kappa shape index (κ2) is 7.27. The number of aromatic nitrogens is 2. The van der Waals surface area contributed by atoms with Gasteiger partial charge in [0.1, 0.15) is 0 Å². The van der Waals surface area contributed by atoms with Crippen molar-refractivity contribution in [2.24, 2.45) is 5.92 Å². The fourth-order valence-corrected chi connectivity index (χ4v) is 4.77. The lowest BCUT2D eigenvalue weighted by molar-refractivity contribution is 0.146. The Bertz CT molecular complexity index is 584. The number of rotatable bonds is 5. The molecule has 2 heterocycles. The van der Waals surface area contributed by atoms with Crippen LogP contribution in [-0.2, 0) is 21.5 Å². The summed E-state index contributed by atoms with van der Waals surface area (Å²) in [6.07, 6.45) is 4.82. The predicted molar refractivity (Wildman–Crippen MR) is 83.8 cm³/mol. The quantitative estimate of drug-likeness (QED) is 0.756. The smallest absolute Gasteiger partial charge is 0.279 e. The lowest BCUT2D eigenvalue weighted by Crippen LogP contribution is -2.48. The highest BCUT2D eigenvalue weighted by Gasteiger charge is 2.37. The van der Waals surface area contributed by atoms with Gasteiger partial charge < -0.3 is 9.84 Å². The summed E-state index contributed by atoms with van der Waals surface area (Å²) in [6, 6.07) is 1.41. The van der Waals surface area contributed by atoms with Gasteiger partial charge >= 0.3 is 0 Å². The van der Waals surface area contributed by atoms with Crippen LogP contribution in [-0.4, -0.2) is 66.1 Å². The van der Waals surface area contributed by atoms with E-state index in [4.69, 9.17) is 4.74 Å². The molecule has 0 bridgehead atoms. The normalized spacial score (nSPS) is 30.4. The van der Waals surface area contributed by atoms with Gasteiger partial charge in [-0.1, -0.05) is 0 Å². The zero-order valence-electron chi connectivity index (χ0n) is 13.0. The van der Waals surface area contributed by atoms with E-state index in [-0.39, 0.29) is 5.92 Å². The molecule has 8 nitrogen and oxygen atoms in total. The van der Waals surface area contributed by atoms with E-state index in [1.807, 2.05) is 16.9 Å². The Kier molecular flexibility index (Phi) is 5.32. The van der Waals surface area contributed by atoms with E-state index in [9.17, 15) is 13.5 Å². The van der Waals surface area contributed by atoms with Crippen LogP contribution < -0.4 is 4.72 Å². The van der Waals surface area contributed by atoms with Crippen molar-refractivity contribution in [3.8, 4) is 0 Å². The Morgan fingerprint density at radius 2 is 2.17 bits per heavy atom. The third-order valence-electron chi connectivity index (χ3n) is 4.45. The molecule has 0 aromatic carbocycles. The first-order valence-electron chi connectivity index (χ1n) is 8.05. The van der Waals surface area contributed by atoms with Crippen molar-refractivity contribution in [2.75, 3.05) is 26.3 Å². The van der Waals surface area contributed by atoms with Gasteiger partial charge in [0.25, 0.3) is 10.2 Å². The van der Waals surface area contributed by atoms with E-state index in [0.717, 1.165) is 0 Å². The van der Waals surface area contributed by atoms with Crippen LogP contribution in [0.5, 0.6) is 0 Å². The summed E-state index contributed by atoms with van der Waals surface area (Å²) >= 11 is 0. The highest BCUT2D eigenvalue weighted by Crippen LogP contribution is 2.28. The summed E-state index contributed by atoms with van der Waals surface area (Å²) in [4.78, 5) is 0. The number of ether oxygens (including phenoxy) is 1. The minimum absolute atomic E-state index is 0.213. The molecular weight excluding hydrogens is 320 g/mol. The third kappa shape index (κ3) is 4.30. The summed E-state index contributed by atoms with van der Waals surface area (Å²) < 4.78 is 36.2. The van der Waals surface area contributed by atoms with Gasteiger partial charge in [-0.3, -0.25) is 4.68 Å². The van der Waals surface area contributed by atoms with E-state index in [2.05, 4.69) is 9.82 Å². The van der Waals surface area contributed by atoms with Crippen molar-refractivity contribution in [3.63, 3.8) is 0 Å². The summed E-state index contributed by atoms with van der Waals surface area (Å²) in [7, 11) is -3.59. The molecule has 2 N–H and O–H groups in total. The number of nitrogens with one attached hydrogen (secondary N) is 1. The van der Waals surface area contributed by atoms with Gasteiger partial charge in [0.05, 0.1) is 12.7 Å². The summed E-state index contributed by atoms with van der Waals surface area (Å²) in [5.41, 5.74) is 0. The molecule has 1 unspecified atom stereocenters. The number of hydrogen-bond acceptors (Lipinski definition) is 5. The molecule has 2 fully saturated rings. The SMILES string of the molecule is O=S(=O)(N[C@@H]1CC(Cn2cccn2)C[C@H]1O)N1CCCOCC1. The molecule has 1 aromatic heterocycles. The van der Waals surface area contributed by atoms with Crippen molar-refractivity contribution in [2.45, 2.75) is 38.0 Å². The van der Waals surface area contributed by atoms with Crippen molar-refractivity contribution in [1.82, 2.24) is 18.8 Å². The molecule has 3 atom stereocenters. The molecule has 1 aliphatic carbocycles. The maximum Gasteiger partial charge on any atom is 0.279 e. The van der Waals surface area contributed by atoms with E-state index in [0.29, 0.717) is 52.1 Å². The van der Waals surface area contributed by atoms with Crippen molar-refractivity contribution >= 4 is 10.2 Å². The molecule has 0 radical (unpaired) electrons. The van der Waals surface area contributed by atoms with Crippen LogP contribution in [0.2, 0.25) is 0 Å². The molecule has 3 rings (SSSR count). The minimum Gasteiger partial charge on any atom is -0.391 e. The highest BCUT2D eigenvalue weighted by molar-refractivity contribution is 7.87. The fraction of sp³-hybridized carbons (Fsp3) is 0.786. The zero-order valence-corrected chi connectivity index (χ0v) is 13.9. The van der Waals surface area contributed by atoms with E-state index >= 15 is 0 Å². The van der Waals surface area contributed by atoms with Crippen LogP contribution in [0.3, 0.4) is 0 Å². The van der Waals surface area contributed by atoms with Gasteiger partial charge in [0.2, 0.25) is 0 Å². The second-order valence-electron chi connectivity index (χ2n) is 6.23. The van der Waals surface area contributed by atoms with Crippen LogP contribution in [0.4, 0.5) is 0 Å². The van der Waals surface area contributed by atoms with E-state index in [1.54, 1.807) is 6.20 Å². The molecule has 1 aliphatic heterocycles. The fourth-order valence-electron chi connectivity index (χ4n) is 3.30. The molecule has 1 saturated heterocycles. The summed E-state index contributed by atoms with van der Waals surface area (Å²) in [5, 5.41) is 14.4. The molecule has 1 aromatic rings. The average molecular weight is 344 g/mol. The first-order valence-corrected chi connectivity index (χ1v) is 9.49. The van der Waals surface area contributed by atoms with Crippen LogP contribution in [0, 0.1) is 5.92 Å². The van der Waals surface area contributed by atoms with Gasteiger partial charge in [-0.15, -0.1) is 0 Å². The van der Waals surface area contributed by atoms with Crippen LogP contribution in [0.25, 0.3) is 0 Å². The predicted octanol–water partition coefficient (Wildman–Crippen LogP) is -0.421. The molecule has 0 spiro atoms. The first-order chi connectivity index (χ1) is 11.0. The molecule has 130 valence electrons. The maximum atomic E-state index is 12.5. The Morgan fingerprint density at radius 1 is 1.30 bits per heavy atom. The zero-order chi connectivity index (χ0) is 16.3. The molecule has 2 aliphatic rings. The van der Waals surface area contributed by atoms with Gasteiger partial charge in [-0.05, 0) is 31.2 Å². The summed E-state index contributed by atoms with van der Waals surface area (Å²) in [5.74, 6) is 0.213. The van der Waals surface area contributed by atoms with Gasteiger partial charge in [-0.25, -0.2) is 0 Å². The molecule has 9 heteroatoms. The lowest BCUT2D eigenvalue weighted by Gasteiger charge is -2.24. The van der Waals surface area contributed by atoms with Crippen LogP contribution in [0.15, 0.2) is 18.5 Å². The standard InChI is InChI=1S/C14H24N4O4S/c19-14-10-12(11-17-4-1-3-15-17)9-13(14)16-23(20,21)18-5-2-7-22-8-6-18/h1,3-4,12-14,16,19H,2,5-11H2/t12?,13-,14-/m1/s1. The molecule has 0 amide bonds. The number of aliphatic hydroxyl groups excluding tert-OH is 1. The van der Waals surface area contributed by atoms with E-state index < -0.39 is 22.4 Å². The number of aliphatic hydroxyl groups is 1. The molecule has 23 heavy (non-hydrogen) atoms. The Morgan fingerprint density at radius 3 is 2.96 bits per heavy atom. The second-order valence-corrected chi connectivity index (χ2v) is 7.93. The Balaban J connectivity index is 1.58. The topological polar surface area (TPSA) is 96.7 Å². The van der Waals surface area contributed by atoms with Crippen molar-refractivity contribution in [1.29, 1.82) is 0 Å². The van der Waals surface area contributed by atoms with Gasteiger partial charge in [0.15, 0.2) is 0 Å². The van der Waals surface area contributed by atoms with Crippen molar-refractivity contribution < 1.29 is 18.3 Å². The monoisotopic (exact) mass is 344 g/mol.